The number of nitrogens with one attached hydrogen (secondary N) is 1. The maximum Gasteiger partial charge on any atom is 0.0250 e. The highest BCUT2D eigenvalue weighted by Gasteiger charge is 2.36. The molecule has 2 heterocycles. The van der Waals surface area contributed by atoms with E-state index in [9.17, 15) is 0 Å². The van der Waals surface area contributed by atoms with E-state index in [0.717, 1.165) is 18.6 Å². The standard InChI is InChI=1S/C10H18N2/c1-2-6-11-9-5-8-12-7-3-4-10(9)12/h2,9-11H,1,3-8H2. The molecular weight excluding hydrogens is 148 g/mol. The van der Waals surface area contributed by atoms with Gasteiger partial charge in [-0.2, -0.15) is 0 Å². The van der Waals surface area contributed by atoms with Crippen molar-refractivity contribution >= 4 is 0 Å². The third kappa shape index (κ3) is 1.41. The smallest absolute Gasteiger partial charge is 0.0250 e. The molecule has 2 atom stereocenters. The molecule has 2 heteroatoms. The summed E-state index contributed by atoms with van der Waals surface area (Å²) in [6.07, 6.45) is 6.09. The van der Waals surface area contributed by atoms with Crippen LogP contribution in [0.2, 0.25) is 0 Å². The van der Waals surface area contributed by atoms with Gasteiger partial charge in [-0.05, 0) is 25.8 Å². The molecule has 12 heavy (non-hydrogen) atoms. The summed E-state index contributed by atoms with van der Waals surface area (Å²) in [5.41, 5.74) is 0. The van der Waals surface area contributed by atoms with Gasteiger partial charge in [0.05, 0.1) is 0 Å². The second-order valence-electron chi connectivity index (χ2n) is 3.84. The predicted molar refractivity (Wildman–Crippen MR) is 51.2 cm³/mol. The quantitative estimate of drug-likeness (QED) is 0.629. The fourth-order valence-corrected chi connectivity index (χ4v) is 2.56. The molecule has 0 saturated carbocycles. The summed E-state index contributed by atoms with van der Waals surface area (Å²) < 4.78 is 0. The summed E-state index contributed by atoms with van der Waals surface area (Å²) in [5.74, 6) is 0. The van der Waals surface area contributed by atoms with Crippen molar-refractivity contribution in [2.45, 2.75) is 31.3 Å². The van der Waals surface area contributed by atoms with Crippen molar-refractivity contribution in [2.24, 2.45) is 0 Å². The zero-order chi connectivity index (χ0) is 8.39. The van der Waals surface area contributed by atoms with Crippen molar-refractivity contribution in [3.8, 4) is 0 Å². The van der Waals surface area contributed by atoms with Crippen LogP contribution in [-0.2, 0) is 0 Å². The Morgan fingerprint density at radius 2 is 2.33 bits per heavy atom. The summed E-state index contributed by atoms with van der Waals surface area (Å²) in [6, 6.07) is 1.58. The van der Waals surface area contributed by atoms with E-state index in [1.54, 1.807) is 0 Å². The zero-order valence-electron chi connectivity index (χ0n) is 7.63. The first-order valence-corrected chi connectivity index (χ1v) is 5.00. The topological polar surface area (TPSA) is 15.3 Å². The molecule has 68 valence electrons. The van der Waals surface area contributed by atoms with Crippen molar-refractivity contribution in [2.75, 3.05) is 19.6 Å². The molecule has 0 amide bonds. The summed E-state index contributed by atoms with van der Waals surface area (Å²) in [6.45, 7) is 7.33. The first kappa shape index (κ1) is 8.27. The van der Waals surface area contributed by atoms with Gasteiger partial charge >= 0.3 is 0 Å². The van der Waals surface area contributed by atoms with Gasteiger partial charge in [0.2, 0.25) is 0 Å². The highest BCUT2D eigenvalue weighted by molar-refractivity contribution is 4.96. The van der Waals surface area contributed by atoms with Gasteiger partial charge < -0.3 is 5.32 Å². The second kappa shape index (κ2) is 3.58. The minimum absolute atomic E-state index is 0.741. The van der Waals surface area contributed by atoms with Gasteiger partial charge in [-0.25, -0.2) is 0 Å². The van der Waals surface area contributed by atoms with E-state index >= 15 is 0 Å². The van der Waals surface area contributed by atoms with Crippen molar-refractivity contribution in [1.82, 2.24) is 10.2 Å². The van der Waals surface area contributed by atoms with Crippen LogP contribution in [0, 0.1) is 0 Å². The van der Waals surface area contributed by atoms with Gasteiger partial charge in [0.25, 0.3) is 0 Å². The fraction of sp³-hybridized carbons (Fsp3) is 0.800. The second-order valence-corrected chi connectivity index (χ2v) is 3.84. The fourth-order valence-electron chi connectivity index (χ4n) is 2.56. The van der Waals surface area contributed by atoms with E-state index in [-0.39, 0.29) is 0 Å². The largest absolute Gasteiger partial charge is 0.309 e. The Hall–Kier alpha value is -0.340. The molecule has 0 bridgehead atoms. The lowest BCUT2D eigenvalue weighted by molar-refractivity contribution is 0.302. The molecule has 0 aliphatic carbocycles. The number of nitrogens with zero attached hydrogens (tertiary/aromatic N) is 1. The van der Waals surface area contributed by atoms with Crippen LogP contribution >= 0.6 is 0 Å². The molecule has 2 nitrogen and oxygen atoms in total. The van der Waals surface area contributed by atoms with E-state index < -0.39 is 0 Å². The van der Waals surface area contributed by atoms with Crippen molar-refractivity contribution in [3.63, 3.8) is 0 Å². The summed E-state index contributed by atoms with van der Waals surface area (Å²) in [7, 11) is 0. The Kier molecular flexibility index (Phi) is 2.47. The Morgan fingerprint density at radius 1 is 1.42 bits per heavy atom. The molecule has 0 aromatic rings. The molecule has 0 aromatic carbocycles. The summed E-state index contributed by atoms with van der Waals surface area (Å²) >= 11 is 0. The minimum atomic E-state index is 0.741. The van der Waals surface area contributed by atoms with Crippen molar-refractivity contribution in [3.05, 3.63) is 12.7 Å². The molecular formula is C10H18N2. The Morgan fingerprint density at radius 3 is 3.17 bits per heavy atom. The third-order valence-electron chi connectivity index (χ3n) is 3.13. The number of hydrogen-bond acceptors (Lipinski definition) is 2. The highest BCUT2D eigenvalue weighted by atomic mass is 15.2. The Labute approximate surface area is 74.6 Å². The van der Waals surface area contributed by atoms with E-state index in [2.05, 4.69) is 16.8 Å². The molecule has 2 aliphatic rings. The van der Waals surface area contributed by atoms with Crippen molar-refractivity contribution in [1.29, 1.82) is 0 Å². The first-order valence-electron chi connectivity index (χ1n) is 5.00. The molecule has 1 N–H and O–H groups in total. The number of rotatable bonds is 3. The lowest BCUT2D eigenvalue weighted by Crippen LogP contribution is -2.39. The van der Waals surface area contributed by atoms with Gasteiger partial charge in [0.15, 0.2) is 0 Å². The molecule has 2 fully saturated rings. The zero-order valence-corrected chi connectivity index (χ0v) is 7.63. The molecule has 0 spiro atoms. The molecule has 0 aromatic heterocycles. The lowest BCUT2D eigenvalue weighted by atomic mass is 10.1. The monoisotopic (exact) mass is 166 g/mol. The maximum absolute atomic E-state index is 3.73. The molecule has 2 aliphatic heterocycles. The average Bonchev–Trinajstić information content (AvgIpc) is 2.62. The van der Waals surface area contributed by atoms with Gasteiger partial charge in [-0.3, -0.25) is 4.90 Å². The van der Waals surface area contributed by atoms with Crippen LogP contribution in [0.1, 0.15) is 19.3 Å². The molecule has 2 saturated heterocycles. The van der Waals surface area contributed by atoms with Crippen LogP contribution in [0.25, 0.3) is 0 Å². The van der Waals surface area contributed by atoms with E-state index in [1.165, 1.54) is 32.4 Å². The normalized spacial score (nSPS) is 35.3. The van der Waals surface area contributed by atoms with E-state index in [1.807, 2.05) is 6.08 Å². The molecule has 0 radical (unpaired) electrons. The van der Waals surface area contributed by atoms with Gasteiger partial charge in [0.1, 0.15) is 0 Å². The van der Waals surface area contributed by atoms with Gasteiger partial charge in [0, 0.05) is 25.2 Å². The third-order valence-corrected chi connectivity index (χ3v) is 3.13. The van der Waals surface area contributed by atoms with Crippen LogP contribution in [0.15, 0.2) is 12.7 Å². The van der Waals surface area contributed by atoms with Crippen LogP contribution in [0.5, 0.6) is 0 Å². The van der Waals surface area contributed by atoms with Crippen LogP contribution in [0.4, 0.5) is 0 Å². The first-order chi connectivity index (χ1) is 5.92. The van der Waals surface area contributed by atoms with E-state index in [0.29, 0.717) is 0 Å². The SMILES string of the molecule is C=CCNC1CCN2CCCC12. The average molecular weight is 166 g/mol. The summed E-state index contributed by atoms with van der Waals surface area (Å²) in [4.78, 5) is 2.63. The van der Waals surface area contributed by atoms with Gasteiger partial charge in [-0.15, -0.1) is 6.58 Å². The predicted octanol–water partition coefficient (Wildman–Crippen LogP) is 0.999. The Balaban J connectivity index is 1.86. The highest BCUT2D eigenvalue weighted by Crippen LogP contribution is 2.27. The molecule has 2 unspecified atom stereocenters. The van der Waals surface area contributed by atoms with Gasteiger partial charge in [-0.1, -0.05) is 6.08 Å². The van der Waals surface area contributed by atoms with Crippen LogP contribution in [0.3, 0.4) is 0 Å². The minimum Gasteiger partial charge on any atom is -0.309 e. The van der Waals surface area contributed by atoms with E-state index in [4.69, 9.17) is 0 Å². The van der Waals surface area contributed by atoms with Crippen molar-refractivity contribution < 1.29 is 0 Å². The van der Waals surface area contributed by atoms with Crippen LogP contribution < -0.4 is 5.32 Å². The summed E-state index contributed by atoms with van der Waals surface area (Å²) in [5, 5.41) is 3.54. The number of fused-ring (bicyclic) bond motifs is 1. The van der Waals surface area contributed by atoms with Crippen LogP contribution in [-0.4, -0.2) is 36.6 Å². The Bertz CT molecular complexity index is 167. The lowest BCUT2D eigenvalue weighted by Gasteiger charge is -2.20. The molecule has 2 rings (SSSR count). The number of hydrogen-bond donors (Lipinski definition) is 1. The maximum atomic E-state index is 3.73.